The lowest BCUT2D eigenvalue weighted by Crippen LogP contribution is -2.07. The first-order chi connectivity index (χ1) is 18.5. The summed E-state index contributed by atoms with van der Waals surface area (Å²) in [6.45, 7) is 4.10. The van der Waals surface area contributed by atoms with Gasteiger partial charge in [0.05, 0.1) is 12.3 Å². The third-order valence-corrected chi connectivity index (χ3v) is 6.72. The van der Waals surface area contributed by atoms with Gasteiger partial charge in [-0.2, -0.15) is 0 Å². The Hall–Kier alpha value is -3.84. The van der Waals surface area contributed by atoms with Gasteiger partial charge in [-0.1, -0.05) is 42.5 Å². The van der Waals surface area contributed by atoms with Crippen LogP contribution in [0.3, 0.4) is 0 Å². The lowest BCUT2D eigenvalue weighted by Gasteiger charge is -2.12. The summed E-state index contributed by atoms with van der Waals surface area (Å²) in [6, 6.07) is 16.6. The number of nitrogens with zero attached hydrogens (tertiary/aromatic N) is 3. The van der Waals surface area contributed by atoms with Crippen molar-refractivity contribution in [2.75, 3.05) is 20.3 Å². The molecule has 196 valence electrons. The highest BCUT2D eigenvalue weighted by atomic mass is 19.2. The molecule has 7 heteroatoms. The van der Waals surface area contributed by atoms with Crippen LogP contribution in [-0.2, 0) is 11.3 Å². The summed E-state index contributed by atoms with van der Waals surface area (Å²) in [6.07, 6.45) is 7.61. The number of halogens is 2. The average Bonchev–Trinajstić information content (AvgIpc) is 3.26. The van der Waals surface area contributed by atoms with Crippen LogP contribution in [0.25, 0.3) is 22.5 Å². The summed E-state index contributed by atoms with van der Waals surface area (Å²) in [5.74, 6) is 0.278. The van der Waals surface area contributed by atoms with Crippen molar-refractivity contribution in [3.63, 3.8) is 0 Å². The molecule has 0 amide bonds. The fourth-order valence-electron chi connectivity index (χ4n) is 4.67. The van der Waals surface area contributed by atoms with E-state index in [4.69, 9.17) is 9.47 Å². The van der Waals surface area contributed by atoms with E-state index in [1.165, 1.54) is 11.6 Å². The molecule has 0 aromatic heterocycles. The number of aryl methyl sites for hydroxylation is 1. The van der Waals surface area contributed by atoms with E-state index in [2.05, 4.69) is 57.9 Å². The molecular weight excluding hydrogens is 484 g/mol. The number of benzene rings is 2. The van der Waals surface area contributed by atoms with E-state index < -0.39 is 12.0 Å². The van der Waals surface area contributed by atoms with Crippen LogP contribution in [0.5, 0.6) is 5.75 Å². The van der Waals surface area contributed by atoms with Crippen molar-refractivity contribution in [1.29, 1.82) is 0 Å². The Morgan fingerprint density at radius 3 is 2.63 bits per heavy atom. The molecule has 2 atom stereocenters. The third-order valence-electron chi connectivity index (χ3n) is 6.72. The van der Waals surface area contributed by atoms with Gasteiger partial charge < -0.3 is 14.0 Å². The number of alkyl halides is 1. The smallest absolute Gasteiger partial charge is 0.152 e. The number of hydrogen-bond acceptors (Lipinski definition) is 4. The molecule has 2 aromatic rings. The number of rotatable bonds is 9. The molecule has 0 saturated heterocycles. The van der Waals surface area contributed by atoms with Crippen LogP contribution in [0.1, 0.15) is 35.7 Å². The third kappa shape index (κ3) is 6.00. The van der Waals surface area contributed by atoms with Crippen LogP contribution in [0.15, 0.2) is 85.0 Å². The first-order valence-electron chi connectivity index (χ1n) is 12.8. The maximum Gasteiger partial charge on any atom is 0.152 e. The van der Waals surface area contributed by atoms with Crippen molar-refractivity contribution in [1.82, 2.24) is 14.5 Å². The monoisotopic (exact) mass is 515 g/mol. The van der Waals surface area contributed by atoms with Gasteiger partial charge in [-0.05, 0) is 59.9 Å². The minimum absolute atomic E-state index is 0.00508. The molecule has 2 aliphatic heterocycles. The largest absolute Gasteiger partial charge is 0.493 e. The summed E-state index contributed by atoms with van der Waals surface area (Å²) in [5.41, 5.74) is 6.12. The summed E-state index contributed by atoms with van der Waals surface area (Å²) in [7, 11) is 1.69. The molecule has 0 fully saturated rings. The van der Waals surface area contributed by atoms with Gasteiger partial charge in [0, 0.05) is 45.0 Å². The molecule has 38 heavy (non-hydrogen) atoms. The normalized spacial score (nSPS) is 17.4. The predicted molar refractivity (Wildman–Crippen MR) is 145 cm³/mol. The molecule has 0 bridgehead atoms. The van der Waals surface area contributed by atoms with E-state index in [9.17, 15) is 8.78 Å². The molecule has 3 aliphatic rings. The first kappa shape index (κ1) is 25.8. The van der Waals surface area contributed by atoms with Crippen LogP contribution in [0, 0.1) is 6.92 Å². The van der Waals surface area contributed by atoms with Crippen molar-refractivity contribution in [2.45, 2.75) is 38.4 Å². The number of hydrogen-bond donors (Lipinski definition) is 0. The number of imidazole rings is 1. The molecule has 2 heterocycles. The zero-order valence-electron chi connectivity index (χ0n) is 21.6. The molecule has 0 saturated carbocycles. The van der Waals surface area contributed by atoms with Gasteiger partial charge in [-0.25, -0.2) is 18.7 Å². The van der Waals surface area contributed by atoms with Gasteiger partial charge in [0.1, 0.15) is 23.1 Å². The molecule has 5 nitrogen and oxygen atoms in total. The highest BCUT2D eigenvalue weighted by Crippen LogP contribution is 2.31. The fraction of sp³-hybridized carbons (Fsp3) is 0.290. The molecule has 0 spiro atoms. The van der Waals surface area contributed by atoms with Crippen molar-refractivity contribution < 1.29 is 18.3 Å². The van der Waals surface area contributed by atoms with Crippen molar-refractivity contribution >= 4 is 0 Å². The lowest BCUT2D eigenvalue weighted by molar-refractivity contribution is 0.172. The number of aromatic nitrogens is 3. The molecular formula is C31H31F2N3O2. The quantitative estimate of drug-likeness (QED) is 0.224. The lowest BCUT2D eigenvalue weighted by atomic mass is 9.99. The summed E-state index contributed by atoms with van der Waals surface area (Å²) < 4.78 is 40.6. The Morgan fingerprint density at radius 2 is 1.84 bits per heavy atom. The number of ether oxygens (including phenoxy) is 2. The fourth-order valence-corrected chi connectivity index (χ4v) is 4.67. The highest BCUT2D eigenvalue weighted by molar-refractivity contribution is 5.68. The number of methoxy groups -OCH3 is 1. The van der Waals surface area contributed by atoms with Gasteiger partial charge in [0.25, 0.3) is 0 Å². The maximum absolute atomic E-state index is 14.0. The standard InChI is InChI=1S/C31H31F2N3O2/c1-21-17-25(38-16-4-15-37-2)11-12-26(21)23-9-7-22(8-10-23)19-36-14-13-29-30(20-36)35-31(34-29)24-5-3-6-27(32)28(33)18-24/h3,5-14,17,20,24,28H,4,15-16,18-19H2,1-2H3. The highest BCUT2D eigenvalue weighted by Gasteiger charge is 2.25. The van der Waals surface area contributed by atoms with Crippen molar-refractivity contribution in [3.05, 3.63) is 102 Å². The van der Waals surface area contributed by atoms with Gasteiger partial charge in [-0.15, -0.1) is 0 Å². The summed E-state index contributed by atoms with van der Waals surface area (Å²) in [4.78, 5) is 9.19. The SMILES string of the molecule is COCCCOc1ccc(-c2ccc(Cn3ccc4nc(C5C=CC=C(F)C(F)C5)nc-4c3)cc2)c(C)c1. The van der Waals surface area contributed by atoms with Gasteiger partial charge in [-0.3, -0.25) is 0 Å². The minimum Gasteiger partial charge on any atom is -0.493 e. The molecule has 1 aliphatic carbocycles. The van der Waals surface area contributed by atoms with E-state index in [1.54, 1.807) is 19.3 Å². The maximum atomic E-state index is 14.0. The van der Waals surface area contributed by atoms with Gasteiger partial charge >= 0.3 is 0 Å². The minimum atomic E-state index is -1.63. The Morgan fingerprint density at radius 1 is 1.03 bits per heavy atom. The van der Waals surface area contributed by atoms with Crippen LogP contribution < -0.4 is 4.74 Å². The number of fused-ring (bicyclic) bond motifs is 1. The van der Waals surface area contributed by atoms with Gasteiger partial charge in [0.15, 0.2) is 6.17 Å². The molecule has 5 rings (SSSR count). The Bertz CT molecular complexity index is 1410. The molecule has 0 N–H and O–H groups in total. The zero-order chi connectivity index (χ0) is 26.5. The van der Waals surface area contributed by atoms with E-state index in [-0.39, 0.29) is 12.3 Å². The first-order valence-corrected chi connectivity index (χ1v) is 12.8. The predicted octanol–water partition coefficient (Wildman–Crippen LogP) is 7.06. The second-order valence-electron chi connectivity index (χ2n) is 9.58. The second kappa shape index (κ2) is 11.7. The van der Waals surface area contributed by atoms with E-state index in [0.717, 1.165) is 40.2 Å². The van der Waals surface area contributed by atoms with Crippen LogP contribution >= 0.6 is 0 Å². The zero-order valence-corrected chi connectivity index (χ0v) is 21.6. The van der Waals surface area contributed by atoms with E-state index in [0.29, 0.717) is 25.6 Å². The summed E-state index contributed by atoms with van der Waals surface area (Å²) >= 11 is 0. The van der Waals surface area contributed by atoms with Crippen LogP contribution in [-0.4, -0.2) is 41.0 Å². The average molecular weight is 516 g/mol. The van der Waals surface area contributed by atoms with Crippen molar-refractivity contribution in [2.24, 2.45) is 0 Å². The Labute approximate surface area is 221 Å². The topological polar surface area (TPSA) is 49.2 Å². The number of allylic oxidation sites excluding steroid dienone is 4. The van der Waals surface area contributed by atoms with Crippen LogP contribution in [0.2, 0.25) is 0 Å². The van der Waals surface area contributed by atoms with Gasteiger partial charge in [0.2, 0.25) is 0 Å². The van der Waals surface area contributed by atoms with E-state index in [1.807, 2.05) is 24.5 Å². The van der Waals surface area contributed by atoms with Crippen LogP contribution in [0.4, 0.5) is 8.78 Å². The molecule has 0 radical (unpaired) electrons. The Balaban J connectivity index is 1.26. The van der Waals surface area contributed by atoms with E-state index >= 15 is 0 Å². The van der Waals surface area contributed by atoms with Crippen molar-refractivity contribution in [3.8, 4) is 28.3 Å². The summed E-state index contributed by atoms with van der Waals surface area (Å²) in [5, 5.41) is 0. The molecule has 2 unspecified atom stereocenters. The molecule has 2 aromatic carbocycles. The Kier molecular flexibility index (Phi) is 7.94. The second-order valence-corrected chi connectivity index (χ2v) is 9.58. The number of pyridine rings is 1.